The first-order chi connectivity index (χ1) is 16.6. The van der Waals surface area contributed by atoms with Crippen molar-refractivity contribution in [1.29, 1.82) is 0 Å². The largest absolute Gasteiger partial charge is 0.507 e. The Kier molecular flexibility index (Phi) is 7.07. The number of Topliss-reactive ketones (excluding diaryl/α,β-unsaturated/α-hetero) is 1. The van der Waals surface area contributed by atoms with Crippen LogP contribution in [0.1, 0.15) is 88.1 Å². The molecule has 4 rings (SSSR count). The van der Waals surface area contributed by atoms with Gasteiger partial charge in [-0.3, -0.25) is 9.59 Å². The minimum atomic E-state index is -0.642. The van der Waals surface area contributed by atoms with E-state index in [1.165, 1.54) is 0 Å². The molecule has 1 saturated heterocycles. The Morgan fingerprint density at radius 1 is 1.06 bits per heavy atom. The number of rotatable bonds is 5. The average Bonchev–Trinajstić information content (AvgIpc) is 3.09. The van der Waals surface area contributed by atoms with Gasteiger partial charge in [-0.05, 0) is 67.0 Å². The van der Waals surface area contributed by atoms with Crippen LogP contribution < -0.4 is 4.74 Å². The van der Waals surface area contributed by atoms with Crippen LogP contribution in [-0.4, -0.2) is 34.3 Å². The van der Waals surface area contributed by atoms with E-state index in [-0.39, 0.29) is 22.8 Å². The zero-order valence-corrected chi connectivity index (χ0v) is 21.6. The molecule has 1 atom stereocenters. The summed E-state index contributed by atoms with van der Waals surface area (Å²) >= 11 is 0. The van der Waals surface area contributed by atoms with Crippen molar-refractivity contribution >= 4 is 17.4 Å². The van der Waals surface area contributed by atoms with Gasteiger partial charge in [0.25, 0.3) is 11.7 Å². The molecule has 1 heterocycles. The van der Waals surface area contributed by atoms with Crippen molar-refractivity contribution in [2.24, 2.45) is 0 Å². The van der Waals surface area contributed by atoms with Crippen molar-refractivity contribution in [1.82, 2.24) is 4.90 Å². The third kappa shape index (κ3) is 4.86. The molecule has 2 fully saturated rings. The van der Waals surface area contributed by atoms with Crippen LogP contribution in [-0.2, 0) is 15.0 Å². The molecule has 1 aliphatic carbocycles. The number of aliphatic hydroxyl groups is 1. The van der Waals surface area contributed by atoms with E-state index in [0.717, 1.165) is 48.8 Å². The summed E-state index contributed by atoms with van der Waals surface area (Å²) in [5.41, 5.74) is 3.35. The Labute approximate surface area is 208 Å². The van der Waals surface area contributed by atoms with Gasteiger partial charge in [0, 0.05) is 11.6 Å². The highest BCUT2D eigenvalue weighted by atomic mass is 16.5. The van der Waals surface area contributed by atoms with Gasteiger partial charge in [-0.1, -0.05) is 64.3 Å². The van der Waals surface area contributed by atoms with Crippen molar-refractivity contribution in [2.45, 2.75) is 84.2 Å². The summed E-state index contributed by atoms with van der Waals surface area (Å²) in [4.78, 5) is 28.7. The van der Waals surface area contributed by atoms with E-state index in [2.05, 4.69) is 26.8 Å². The van der Waals surface area contributed by atoms with Crippen molar-refractivity contribution in [3.05, 3.63) is 70.3 Å². The number of ether oxygens (including phenoxy) is 1. The molecule has 1 unspecified atom stereocenters. The standard InChI is InChI=1S/C30H37NO4/c1-6-35-23-14-10-11-20(17-23)26-25(28(33)29(34)31(26)22-12-8-7-9-13-22)27(32)24-18-21(30(3,4)5)16-15-19(24)2/h10-11,14-18,22,26,32H,6-9,12-13H2,1-5H3/b27-25+. The molecule has 186 valence electrons. The highest BCUT2D eigenvalue weighted by Crippen LogP contribution is 2.44. The van der Waals surface area contributed by atoms with E-state index in [9.17, 15) is 14.7 Å². The SMILES string of the molecule is CCOc1cccc(C2/C(=C(\O)c3cc(C(C)(C)C)ccc3C)C(=O)C(=O)N2C2CCCCC2)c1. The van der Waals surface area contributed by atoms with E-state index >= 15 is 0 Å². The van der Waals surface area contributed by atoms with E-state index in [1.54, 1.807) is 4.90 Å². The van der Waals surface area contributed by atoms with Gasteiger partial charge in [-0.15, -0.1) is 0 Å². The molecule has 0 spiro atoms. The summed E-state index contributed by atoms with van der Waals surface area (Å²) in [5.74, 6) is -0.544. The van der Waals surface area contributed by atoms with Crippen molar-refractivity contribution in [2.75, 3.05) is 6.61 Å². The minimum Gasteiger partial charge on any atom is -0.507 e. The number of carbonyl (C=O) groups excluding carboxylic acids is 2. The smallest absolute Gasteiger partial charge is 0.295 e. The molecule has 1 saturated carbocycles. The Hall–Kier alpha value is -3.08. The summed E-state index contributed by atoms with van der Waals surface area (Å²) in [5, 5.41) is 11.6. The van der Waals surface area contributed by atoms with Crippen LogP contribution in [0.15, 0.2) is 48.0 Å². The highest BCUT2D eigenvalue weighted by Gasteiger charge is 2.49. The first-order valence-electron chi connectivity index (χ1n) is 12.8. The van der Waals surface area contributed by atoms with E-state index in [0.29, 0.717) is 17.9 Å². The third-order valence-electron chi connectivity index (χ3n) is 7.29. The molecule has 5 heteroatoms. The van der Waals surface area contributed by atoms with Gasteiger partial charge in [0.2, 0.25) is 0 Å². The lowest BCUT2D eigenvalue weighted by molar-refractivity contribution is -0.141. The number of aliphatic hydroxyl groups excluding tert-OH is 1. The number of likely N-dealkylation sites (tertiary alicyclic amines) is 1. The molecule has 2 aromatic rings. The second kappa shape index (κ2) is 9.88. The van der Waals surface area contributed by atoms with Gasteiger partial charge in [-0.25, -0.2) is 0 Å². The zero-order chi connectivity index (χ0) is 25.3. The van der Waals surface area contributed by atoms with Crippen molar-refractivity contribution < 1.29 is 19.4 Å². The molecular weight excluding hydrogens is 438 g/mol. The fourth-order valence-corrected chi connectivity index (χ4v) is 5.34. The zero-order valence-electron chi connectivity index (χ0n) is 21.6. The minimum absolute atomic E-state index is 0.0201. The maximum Gasteiger partial charge on any atom is 0.295 e. The Morgan fingerprint density at radius 2 is 1.77 bits per heavy atom. The lowest BCUT2D eigenvalue weighted by Crippen LogP contribution is -2.40. The predicted octanol–water partition coefficient (Wildman–Crippen LogP) is 6.45. The van der Waals surface area contributed by atoms with Crippen LogP contribution in [0.2, 0.25) is 0 Å². The second-order valence-electron chi connectivity index (χ2n) is 10.8. The van der Waals surface area contributed by atoms with Gasteiger partial charge in [0.05, 0.1) is 18.2 Å². The predicted molar refractivity (Wildman–Crippen MR) is 139 cm³/mol. The summed E-state index contributed by atoms with van der Waals surface area (Å²) in [6, 6.07) is 12.9. The van der Waals surface area contributed by atoms with Crippen LogP contribution in [0.4, 0.5) is 0 Å². The van der Waals surface area contributed by atoms with Gasteiger partial charge in [-0.2, -0.15) is 0 Å². The van der Waals surface area contributed by atoms with E-state index < -0.39 is 17.7 Å². The van der Waals surface area contributed by atoms with E-state index in [4.69, 9.17) is 4.74 Å². The Balaban J connectivity index is 1.91. The Bertz CT molecular complexity index is 1150. The number of benzene rings is 2. The topological polar surface area (TPSA) is 66.8 Å². The number of ketones is 1. The lowest BCUT2D eigenvalue weighted by atomic mass is 9.84. The molecule has 1 aliphatic heterocycles. The summed E-state index contributed by atoms with van der Waals surface area (Å²) in [6.45, 7) is 10.7. The molecule has 2 aliphatic rings. The van der Waals surface area contributed by atoms with Gasteiger partial charge < -0.3 is 14.7 Å². The van der Waals surface area contributed by atoms with Crippen molar-refractivity contribution in [3.63, 3.8) is 0 Å². The van der Waals surface area contributed by atoms with Crippen LogP contribution in [0.5, 0.6) is 5.75 Å². The molecule has 1 amide bonds. The van der Waals surface area contributed by atoms with Crippen LogP contribution >= 0.6 is 0 Å². The van der Waals surface area contributed by atoms with E-state index in [1.807, 2.05) is 50.2 Å². The number of nitrogens with zero attached hydrogens (tertiary/aromatic N) is 1. The first-order valence-corrected chi connectivity index (χ1v) is 12.8. The highest BCUT2D eigenvalue weighted by molar-refractivity contribution is 6.46. The summed E-state index contributed by atoms with van der Waals surface area (Å²) in [7, 11) is 0. The number of amides is 1. The number of hydrogen-bond donors (Lipinski definition) is 1. The number of carbonyl (C=O) groups is 2. The summed E-state index contributed by atoms with van der Waals surface area (Å²) < 4.78 is 5.73. The second-order valence-corrected chi connectivity index (χ2v) is 10.8. The fourth-order valence-electron chi connectivity index (χ4n) is 5.34. The van der Waals surface area contributed by atoms with Gasteiger partial charge in [0.15, 0.2) is 0 Å². The normalized spacial score (nSPS) is 20.9. The van der Waals surface area contributed by atoms with Crippen LogP contribution in [0.3, 0.4) is 0 Å². The maximum absolute atomic E-state index is 13.5. The van der Waals surface area contributed by atoms with Gasteiger partial charge >= 0.3 is 0 Å². The molecule has 0 bridgehead atoms. The summed E-state index contributed by atoms with van der Waals surface area (Å²) in [6.07, 6.45) is 4.95. The lowest BCUT2D eigenvalue weighted by Gasteiger charge is -2.35. The average molecular weight is 476 g/mol. The molecule has 35 heavy (non-hydrogen) atoms. The van der Waals surface area contributed by atoms with Crippen molar-refractivity contribution in [3.8, 4) is 5.75 Å². The third-order valence-corrected chi connectivity index (χ3v) is 7.29. The Morgan fingerprint density at radius 3 is 2.43 bits per heavy atom. The number of aryl methyl sites for hydroxylation is 1. The monoisotopic (exact) mass is 475 g/mol. The van der Waals surface area contributed by atoms with Gasteiger partial charge in [0.1, 0.15) is 11.5 Å². The fraction of sp³-hybridized carbons (Fsp3) is 0.467. The number of hydrogen-bond acceptors (Lipinski definition) is 4. The quantitative estimate of drug-likeness (QED) is 0.307. The first kappa shape index (κ1) is 25.0. The maximum atomic E-state index is 13.5. The molecule has 0 aromatic heterocycles. The molecule has 0 radical (unpaired) electrons. The molecular formula is C30H37NO4. The van der Waals surface area contributed by atoms with Crippen LogP contribution in [0.25, 0.3) is 5.76 Å². The molecule has 1 N–H and O–H groups in total. The molecule has 2 aromatic carbocycles. The molecule has 5 nitrogen and oxygen atoms in total. The van der Waals surface area contributed by atoms with Crippen LogP contribution in [0, 0.1) is 6.92 Å².